The quantitative estimate of drug-likeness (QED) is 0.305. The highest BCUT2D eigenvalue weighted by molar-refractivity contribution is 9.10. The number of furan rings is 1. The number of methoxy groups -OCH3 is 1. The molecule has 168 valence electrons. The molecular weight excluding hydrogens is 502 g/mol. The number of benzene rings is 3. The molecule has 0 fully saturated rings. The minimum Gasteiger partial charge on any atom is -0.496 e. The summed E-state index contributed by atoms with van der Waals surface area (Å²) in [6, 6.07) is 18.1. The third kappa shape index (κ3) is 3.41. The van der Waals surface area contributed by atoms with Gasteiger partial charge in [0.25, 0.3) is 5.56 Å². The van der Waals surface area contributed by atoms with E-state index in [-0.39, 0.29) is 18.2 Å². The molecule has 5 aromatic rings. The Morgan fingerprint density at radius 3 is 2.76 bits per heavy atom. The lowest BCUT2D eigenvalue weighted by atomic mass is 10.2. The second kappa shape index (κ2) is 8.03. The molecule has 1 aliphatic rings. The summed E-state index contributed by atoms with van der Waals surface area (Å²) >= 11 is 3.48. The van der Waals surface area contributed by atoms with E-state index < -0.39 is 0 Å². The summed E-state index contributed by atoms with van der Waals surface area (Å²) in [6.07, 6.45) is 1.53. The van der Waals surface area contributed by atoms with Gasteiger partial charge in [0.05, 0.1) is 24.2 Å². The average molecular weight is 518 g/mol. The molecule has 0 unspecified atom stereocenters. The molecule has 8 nitrogen and oxygen atoms in total. The first-order valence-corrected chi connectivity index (χ1v) is 11.1. The van der Waals surface area contributed by atoms with Crippen molar-refractivity contribution in [3.8, 4) is 28.8 Å². The number of nitrogens with zero attached hydrogens (tertiary/aromatic N) is 3. The molecule has 0 spiro atoms. The van der Waals surface area contributed by atoms with Crippen LogP contribution in [0, 0.1) is 0 Å². The Hall–Kier alpha value is -4.11. The molecule has 0 amide bonds. The molecule has 0 atom stereocenters. The van der Waals surface area contributed by atoms with Crippen molar-refractivity contribution in [1.29, 1.82) is 0 Å². The second-order valence-corrected chi connectivity index (χ2v) is 8.47. The van der Waals surface area contributed by atoms with Crippen LogP contribution in [0.5, 0.6) is 17.2 Å². The monoisotopic (exact) mass is 517 g/mol. The summed E-state index contributed by atoms with van der Waals surface area (Å²) in [7, 11) is 1.55. The Labute approximate surface area is 201 Å². The number of para-hydroxylation sites is 1. The number of hydrogen-bond acceptors (Lipinski definition) is 7. The molecule has 6 rings (SSSR count). The molecule has 0 radical (unpaired) electrons. The van der Waals surface area contributed by atoms with Gasteiger partial charge in [-0.3, -0.25) is 4.79 Å². The highest BCUT2D eigenvalue weighted by atomic mass is 79.9. The third-order valence-corrected chi connectivity index (χ3v) is 5.98. The van der Waals surface area contributed by atoms with E-state index >= 15 is 0 Å². The van der Waals surface area contributed by atoms with Gasteiger partial charge >= 0.3 is 0 Å². The molecule has 0 saturated heterocycles. The molecule has 34 heavy (non-hydrogen) atoms. The van der Waals surface area contributed by atoms with Gasteiger partial charge in [0, 0.05) is 21.5 Å². The van der Waals surface area contributed by atoms with Crippen LogP contribution in [0.3, 0.4) is 0 Å². The SMILES string of the molecule is COc1cc2c(cc1C=Nn1c(-c3cc4cc(Br)ccc4o3)nc3ccccc3c1=O)OCO2. The van der Waals surface area contributed by atoms with Crippen LogP contribution in [0.1, 0.15) is 5.56 Å². The zero-order chi connectivity index (χ0) is 23.2. The summed E-state index contributed by atoms with van der Waals surface area (Å²) in [5.41, 5.74) is 1.52. The zero-order valence-corrected chi connectivity index (χ0v) is 19.4. The normalized spacial score (nSPS) is 12.8. The molecule has 1 aliphatic heterocycles. The molecule has 0 N–H and O–H groups in total. The highest BCUT2D eigenvalue weighted by Gasteiger charge is 2.19. The maximum atomic E-state index is 13.4. The molecule has 0 bridgehead atoms. The Balaban J connectivity index is 1.55. The summed E-state index contributed by atoms with van der Waals surface area (Å²) in [5, 5.41) is 5.81. The van der Waals surface area contributed by atoms with Gasteiger partial charge in [0.2, 0.25) is 12.6 Å². The van der Waals surface area contributed by atoms with E-state index in [2.05, 4.69) is 21.0 Å². The van der Waals surface area contributed by atoms with Crippen molar-refractivity contribution in [3.63, 3.8) is 0 Å². The van der Waals surface area contributed by atoms with Gasteiger partial charge < -0.3 is 18.6 Å². The third-order valence-electron chi connectivity index (χ3n) is 5.49. The van der Waals surface area contributed by atoms with E-state index in [4.69, 9.17) is 23.6 Å². The van der Waals surface area contributed by atoms with Crippen LogP contribution in [-0.4, -0.2) is 29.8 Å². The van der Waals surface area contributed by atoms with E-state index in [0.29, 0.717) is 45.1 Å². The van der Waals surface area contributed by atoms with Gasteiger partial charge in [-0.2, -0.15) is 9.78 Å². The Kier molecular flexibility index (Phi) is 4.84. The molecule has 0 aliphatic carbocycles. The predicted molar refractivity (Wildman–Crippen MR) is 131 cm³/mol. The van der Waals surface area contributed by atoms with Gasteiger partial charge in [-0.05, 0) is 42.5 Å². The minimum atomic E-state index is -0.321. The summed E-state index contributed by atoms with van der Waals surface area (Å²) < 4.78 is 24.5. The van der Waals surface area contributed by atoms with Crippen molar-refractivity contribution in [2.24, 2.45) is 5.10 Å². The van der Waals surface area contributed by atoms with E-state index in [1.165, 1.54) is 10.9 Å². The largest absolute Gasteiger partial charge is 0.496 e. The van der Waals surface area contributed by atoms with Gasteiger partial charge in [-0.25, -0.2) is 4.98 Å². The van der Waals surface area contributed by atoms with Crippen molar-refractivity contribution in [1.82, 2.24) is 9.66 Å². The smallest absolute Gasteiger partial charge is 0.282 e. The first kappa shape index (κ1) is 20.5. The Morgan fingerprint density at radius 1 is 1.09 bits per heavy atom. The molecule has 3 aromatic carbocycles. The number of aromatic nitrogens is 2. The summed E-state index contributed by atoms with van der Waals surface area (Å²) in [5.74, 6) is 2.41. The van der Waals surface area contributed by atoms with Gasteiger partial charge in [-0.15, -0.1) is 0 Å². The van der Waals surface area contributed by atoms with Crippen LogP contribution < -0.4 is 19.8 Å². The van der Waals surface area contributed by atoms with Crippen molar-refractivity contribution in [3.05, 3.63) is 81.1 Å². The minimum absolute atomic E-state index is 0.138. The van der Waals surface area contributed by atoms with Gasteiger partial charge in [-0.1, -0.05) is 28.1 Å². The second-order valence-electron chi connectivity index (χ2n) is 7.55. The van der Waals surface area contributed by atoms with Crippen LogP contribution in [0.25, 0.3) is 33.5 Å². The number of ether oxygens (including phenoxy) is 3. The van der Waals surface area contributed by atoms with Crippen molar-refractivity contribution in [2.75, 3.05) is 13.9 Å². The number of fused-ring (bicyclic) bond motifs is 3. The molecule has 2 aromatic heterocycles. The summed E-state index contributed by atoms with van der Waals surface area (Å²) in [4.78, 5) is 18.1. The Bertz CT molecular complexity index is 1670. The van der Waals surface area contributed by atoms with Crippen LogP contribution in [0.4, 0.5) is 0 Å². The molecule has 0 saturated carbocycles. The summed E-state index contributed by atoms with van der Waals surface area (Å²) in [6.45, 7) is 0.138. The van der Waals surface area contributed by atoms with Gasteiger partial charge in [0.15, 0.2) is 17.3 Å². The van der Waals surface area contributed by atoms with E-state index in [0.717, 1.165) is 9.86 Å². The Morgan fingerprint density at radius 2 is 1.91 bits per heavy atom. The zero-order valence-electron chi connectivity index (χ0n) is 17.8. The predicted octanol–water partition coefficient (Wildman–Crippen LogP) is 5.19. The van der Waals surface area contributed by atoms with Crippen LogP contribution >= 0.6 is 15.9 Å². The maximum Gasteiger partial charge on any atom is 0.282 e. The van der Waals surface area contributed by atoms with Crippen molar-refractivity contribution < 1.29 is 18.6 Å². The lowest BCUT2D eigenvalue weighted by Gasteiger charge is -2.09. The van der Waals surface area contributed by atoms with Crippen molar-refractivity contribution >= 4 is 44.0 Å². The van der Waals surface area contributed by atoms with Crippen LogP contribution in [-0.2, 0) is 0 Å². The average Bonchev–Trinajstić information content (AvgIpc) is 3.48. The topological polar surface area (TPSA) is 88.1 Å². The van der Waals surface area contributed by atoms with E-state index in [1.807, 2.05) is 30.3 Å². The number of rotatable bonds is 4. The fourth-order valence-electron chi connectivity index (χ4n) is 3.85. The van der Waals surface area contributed by atoms with E-state index in [1.54, 1.807) is 37.4 Å². The lowest BCUT2D eigenvalue weighted by molar-refractivity contribution is 0.174. The van der Waals surface area contributed by atoms with Crippen LogP contribution in [0.15, 0.2) is 79.4 Å². The number of hydrogen-bond donors (Lipinski definition) is 0. The van der Waals surface area contributed by atoms with Crippen molar-refractivity contribution in [2.45, 2.75) is 0 Å². The molecular formula is C25H16BrN3O5. The first-order chi connectivity index (χ1) is 16.6. The van der Waals surface area contributed by atoms with Gasteiger partial charge in [0.1, 0.15) is 11.3 Å². The standard InChI is InChI=1S/C25H16BrN3O5/c1-31-20-11-22-21(32-13-33-22)10-15(20)12-27-29-24(28-18-5-3-2-4-17(18)25(29)30)23-9-14-8-16(26)6-7-19(14)34-23/h2-12H,13H2,1H3. The fraction of sp³-hybridized carbons (Fsp3) is 0.0800. The number of halogens is 1. The lowest BCUT2D eigenvalue weighted by Crippen LogP contribution is -2.20. The highest BCUT2D eigenvalue weighted by Crippen LogP contribution is 2.37. The fourth-order valence-corrected chi connectivity index (χ4v) is 4.23. The first-order valence-electron chi connectivity index (χ1n) is 10.3. The molecule has 9 heteroatoms. The van der Waals surface area contributed by atoms with Crippen LogP contribution in [0.2, 0.25) is 0 Å². The molecule has 3 heterocycles. The maximum absolute atomic E-state index is 13.4. The van der Waals surface area contributed by atoms with E-state index in [9.17, 15) is 4.79 Å².